The van der Waals surface area contributed by atoms with Crippen LogP contribution >= 0.6 is 0 Å². The molecule has 7 heteroatoms. The zero-order chi connectivity index (χ0) is 17.2. The Morgan fingerprint density at radius 1 is 1.28 bits per heavy atom. The molecule has 3 heterocycles. The number of benzene rings is 1. The first-order valence-corrected chi connectivity index (χ1v) is 8.51. The molecule has 1 aliphatic rings. The quantitative estimate of drug-likeness (QED) is 0.778. The number of aryl methyl sites for hydroxylation is 1. The van der Waals surface area contributed by atoms with Crippen molar-refractivity contribution in [2.24, 2.45) is 0 Å². The molecule has 0 spiro atoms. The summed E-state index contributed by atoms with van der Waals surface area (Å²) in [5, 5.41) is 5.24. The van der Waals surface area contributed by atoms with Crippen molar-refractivity contribution in [1.82, 2.24) is 24.6 Å². The summed E-state index contributed by atoms with van der Waals surface area (Å²) in [5.41, 5.74) is 8.14. The van der Waals surface area contributed by atoms with Gasteiger partial charge in [-0.3, -0.25) is 9.58 Å². The highest BCUT2D eigenvalue weighted by Gasteiger charge is 2.22. The Labute approximate surface area is 146 Å². The van der Waals surface area contributed by atoms with Gasteiger partial charge in [0.05, 0.1) is 37.5 Å². The van der Waals surface area contributed by atoms with Gasteiger partial charge >= 0.3 is 0 Å². The van der Waals surface area contributed by atoms with E-state index in [1.165, 1.54) is 0 Å². The van der Waals surface area contributed by atoms with Crippen LogP contribution in [0.3, 0.4) is 0 Å². The van der Waals surface area contributed by atoms with E-state index in [4.69, 9.17) is 10.5 Å². The number of hydrogen-bond donors (Lipinski definition) is 1. The number of nitrogens with two attached hydrogens (primary N) is 1. The molecule has 3 aromatic rings. The second-order valence-corrected chi connectivity index (χ2v) is 6.51. The summed E-state index contributed by atoms with van der Waals surface area (Å²) in [7, 11) is 0. The molecule has 0 saturated carbocycles. The molecule has 4 rings (SSSR count). The van der Waals surface area contributed by atoms with E-state index in [1.54, 1.807) is 0 Å². The predicted octanol–water partition coefficient (Wildman–Crippen LogP) is 1.62. The standard InChI is InChI=1S/C18H22N6O/c1-13-8-20-24(9-13)11-14-10-23(6-7-25-14)12-17-21-16-5-3-2-4-15(16)18(19)22-17/h2-5,8-9,14H,6-7,10-12H2,1H3,(H2,19,21,22)/t14-/m1/s1. The van der Waals surface area contributed by atoms with E-state index in [-0.39, 0.29) is 6.10 Å². The second kappa shape index (κ2) is 6.78. The lowest BCUT2D eigenvalue weighted by Crippen LogP contribution is -2.44. The molecule has 2 N–H and O–H groups in total. The average Bonchev–Trinajstić information content (AvgIpc) is 3.00. The molecule has 1 atom stereocenters. The van der Waals surface area contributed by atoms with Crippen molar-refractivity contribution in [3.05, 3.63) is 48.0 Å². The van der Waals surface area contributed by atoms with Gasteiger partial charge in [0.15, 0.2) is 0 Å². The summed E-state index contributed by atoms with van der Waals surface area (Å²) in [4.78, 5) is 11.4. The summed E-state index contributed by atoms with van der Waals surface area (Å²) in [5.74, 6) is 1.30. The lowest BCUT2D eigenvalue weighted by atomic mass is 10.2. The number of anilines is 1. The SMILES string of the molecule is Cc1cnn(C[C@H]2CN(Cc3nc(N)c4ccccc4n3)CCO2)c1. The van der Waals surface area contributed by atoms with E-state index >= 15 is 0 Å². The van der Waals surface area contributed by atoms with Crippen molar-refractivity contribution in [2.45, 2.75) is 26.1 Å². The summed E-state index contributed by atoms with van der Waals surface area (Å²) >= 11 is 0. The van der Waals surface area contributed by atoms with E-state index in [1.807, 2.05) is 48.3 Å². The smallest absolute Gasteiger partial charge is 0.145 e. The molecule has 0 aliphatic carbocycles. The summed E-state index contributed by atoms with van der Waals surface area (Å²) in [6.45, 7) is 5.87. The third-order valence-corrected chi connectivity index (χ3v) is 4.42. The van der Waals surface area contributed by atoms with E-state index in [0.29, 0.717) is 19.0 Å². The lowest BCUT2D eigenvalue weighted by molar-refractivity contribution is -0.0408. The van der Waals surface area contributed by atoms with Crippen LogP contribution in [0.1, 0.15) is 11.4 Å². The minimum absolute atomic E-state index is 0.117. The van der Waals surface area contributed by atoms with Crippen LogP contribution in [-0.2, 0) is 17.8 Å². The van der Waals surface area contributed by atoms with Gasteiger partial charge in [0.25, 0.3) is 0 Å². The minimum Gasteiger partial charge on any atom is -0.383 e. The maximum atomic E-state index is 6.09. The maximum Gasteiger partial charge on any atom is 0.145 e. The largest absolute Gasteiger partial charge is 0.383 e. The molecule has 7 nitrogen and oxygen atoms in total. The first-order chi connectivity index (χ1) is 12.2. The predicted molar refractivity (Wildman–Crippen MR) is 95.9 cm³/mol. The van der Waals surface area contributed by atoms with Crippen molar-refractivity contribution >= 4 is 16.7 Å². The third kappa shape index (κ3) is 3.62. The average molecular weight is 338 g/mol. The number of ether oxygens (including phenoxy) is 1. The molecular weight excluding hydrogens is 316 g/mol. The molecule has 0 bridgehead atoms. The van der Waals surface area contributed by atoms with Gasteiger partial charge in [-0.05, 0) is 24.6 Å². The molecule has 1 saturated heterocycles. The number of aromatic nitrogens is 4. The van der Waals surface area contributed by atoms with Gasteiger partial charge in [0.1, 0.15) is 11.6 Å². The fraction of sp³-hybridized carbons (Fsp3) is 0.389. The van der Waals surface area contributed by atoms with E-state index in [2.05, 4.69) is 20.0 Å². The Morgan fingerprint density at radius 3 is 3.00 bits per heavy atom. The highest BCUT2D eigenvalue weighted by molar-refractivity contribution is 5.87. The number of nitrogens with zero attached hydrogens (tertiary/aromatic N) is 5. The van der Waals surface area contributed by atoms with E-state index in [9.17, 15) is 0 Å². The van der Waals surface area contributed by atoms with Crippen LogP contribution in [0.25, 0.3) is 10.9 Å². The van der Waals surface area contributed by atoms with Crippen LogP contribution < -0.4 is 5.73 Å². The monoisotopic (exact) mass is 338 g/mol. The number of nitrogen functional groups attached to an aromatic ring is 1. The Bertz CT molecular complexity index is 877. The van der Waals surface area contributed by atoms with Crippen LogP contribution in [0.2, 0.25) is 0 Å². The molecule has 0 unspecified atom stereocenters. The number of fused-ring (bicyclic) bond motifs is 1. The Hall–Kier alpha value is -2.51. The molecule has 2 aromatic heterocycles. The van der Waals surface area contributed by atoms with Gasteiger partial charge in [-0.15, -0.1) is 0 Å². The zero-order valence-electron chi connectivity index (χ0n) is 14.3. The summed E-state index contributed by atoms with van der Waals surface area (Å²) < 4.78 is 7.82. The van der Waals surface area contributed by atoms with Gasteiger partial charge in [-0.25, -0.2) is 9.97 Å². The van der Waals surface area contributed by atoms with E-state index < -0.39 is 0 Å². The van der Waals surface area contributed by atoms with Crippen molar-refractivity contribution in [3.63, 3.8) is 0 Å². The fourth-order valence-electron chi connectivity index (χ4n) is 3.23. The maximum absolute atomic E-state index is 6.09. The van der Waals surface area contributed by atoms with Crippen molar-refractivity contribution in [2.75, 3.05) is 25.4 Å². The highest BCUT2D eigenvalue weighted by Crippen LogP contribution is 2.18. The number of para-hydroxylation sites is 1. The van der Waals surface area contributed by atoms with Crippen LogP contribution in [0, 0.1) is 6.92 Å². The molecule has 25 heavy (non-hydrogen) atoms. The molecular formula is C18H22N6O. The van der Waals surface area contributed by atoms with Crippen molar-refractivity contribution in [1.29, 1.82) is 0 Å². The van der Waals surface area contributed by atoms with E-state index in [0.717, 1.165) is 41.9 Å². The van der Waals surface area contributed by atoms with Gasteiger partial charge in [0.2, 0.25) is 0 Å². The van der Waals surface area contributed by atoms with Crippen LogP contribution in [0.15, 0.2) is 36.7 Å². The fourth-order valence-corrected chi connectivity index (χ4v) is 3.23. The topological polar surface area (TPSA) is 82.1 Å². The number of morpholine rings is 1. The molecule has 1 aliphatic heterocycles. The van der Waals surface area contributed by atoms with Crippen LogP contribution in [0.5, 0.6) is 0 Å². The Balaban J connectivity index is 1.45. The molecule has 1 aromatic carbocycles. The second-order valence-electron chi connectivity index (χ2n) is 6.51. The van der Waals surface area contributed by atoms with Gasteiger partial charge in [-0.1, -0.05) is 12.1 Å². The first kappa shape index (κ1) is 16.0. The highest BCUT2D eigenvalue weighted by atomic mass is 16.5. The Morgan fingerprint density at radius 2 is 2.16 bits per heavy atom. The first-order valence-electron chi connectivity index (χ1n) is 8.51. The number of rotatable bonds is 4. The van der Waals surface area contributed by atoms with Crippen LogP contribution in [0.4, 0.5) is 5.82 Å². The summed E-state index contributed by atoms with van der Waals surface area (Å²) in [6.07, 6.45) is 4.02. The van der Waals surface area contributed by atoms with Crippen molar-refractivity contribution in [3.8, 4) is 0 Å². The van der Waals surface area contributed by atoms with Crippen LogP contribution in [-0.4, -0.2) is 50.4 Å². The van der Waals surface area contributed by atoms with Gasteiger partial charge in [-0.2, -0.15) is 5.10 Å². The molecule has 1 fully saturated rings. The zero-order valence-corrected chi connectivity index (χ0v) is 14.3. The third-order valence-electron chi connectivity index (χ3n) is 4.42. The van der Waals surface area contributed by atoms with Gasteiger partial charge < -0.3 is 10.5 Å². The molecule has 130 valence electrons. The molecule has 0 amide bonds. The van der Waals surface area contributed by atoms with Gasteiger partial charge in [0, 0.05) is 24.7 Å². The normalized spacial score (nSPS) is 18.7. The molecule has 0 radical (unpaired) electrons. The minimum atomic E-state index is 0.117. The summed E-state index contributed by atoms with van der Waals surface area (Å²) in [6, 6.07) is 7.84. The Kier molecular flexibility index (Phi) is 4.33. The van der Waals surface area contributed by atoms with Crippen molar-refractivity contribution < 1.29 is 4.74 Å². The lowest BCUT2D eigenvalue weighted by Gasteiger charge is -2.32. The number of hydrogen-bond acceptors (Lipinski definition) is 6.